The van der Waals surface area contributed by atoms with Crippen molar-refractivity contribution in [3.63, 3.8) is 0 Å². The predicted octanol–water partition coefficient (Wildman–Crippen LogP) is 2.67. The van der Waals surface area contributed by atoms with Crippen LogP contribution in [0.25, 0.3) is 0 Å². The number of hydrogen-bond acceptors (Lipinski definition) is 3. The van der Waals surface area contributed by atoms with Crippen LogP contribution < -0.4 is 10.1 Å². The molecule has 0 spiro atoms. The molecule has 18 heavy (non-hydrogen) atoms. The lowest BCUT2D eigenvalue weighted by Crippen LogP contribution is -2.27. The van der Waals surface area contributed by atoms with Gasteiger partial charge in [-0.05, 0) is 17.5 Å². The van der Waals surface area contributed by atoms with Gasteiger partial charge in [-0.3, -0.25) is 0 Å². The maximum absolute atomic E-state index is 5.45. The molecule has 0 fully saturated rings. The molecule has 0 aromatic heterocycles. The topological polar surface area (TPSA) is 30.5 Å². The number of para-hydroxylation sites is 1. The van der Waals surface area contributed by atoms with Crippen molar-refractivity contribution in [3.05, 3.63) is 29.8 Å². The van der Waals surface area contributed by atoms with Gasteiger partial charge in [0.1, 0.15) is 5.75 Å². The highest BCUT2D eigenvalue weighted by atomic mass is 16.5. The van der Waals surface area contributed by atoms with Gasteiger partial charge >= 0.3 is 0 Å². The number of hydrogen-bond donors (Lipinski definition) is 1. The van der Waals surface area contributed by atoms with Gasteiger partial charge in [0.15, 0.2) is 0 Å². The molecular weight excluding hydrogens is 226 g/mol. The first-order valence-corrected chi connectivity index (χ1v) is 6.53. The Morgan fingerprint density at radius 2 is 1.89 bits per heavy atom. The second-order valence-electron chi connectivity index (χ2n) is 4.79. The van der Waals surface area contributed by atoms with Crippen LogP contribution in [-0.4, -0.2) is 33.9 Å². The zero-order valence-electron chi connectivity index (χ0n) is 11.9. The molecular formula is C15H25NO2. The Kier molecular flexibility index (Phi) is 6.76. The van der Waals surface area contributed by atoms with Crippen LogP contribution in [0.15, 0.2) is 24.3 Å². The first-order valence-electron chi connectivity index (χ1n) is 6.53. The maximum Gasteiger partial charge on any atom is 0.122 e. The van der Waals surface area contributed by atoms with E-state index in [0.717, 1.165) is 25.4 Å². The van der Waals surface area contributed by atoms with Gasteiger partial charge in [-0.15, -0.1) is 0 Å². The fraction of sp³-hybridized carbons (Fsp3) is 0.600. The minimum Gasteiger partial charge on any atom is -0.496 e. The number of benzene rings is 1. The van der Waals surface area contributed by atoms with Crippen molar-refractivity contribution < 1.29 is 9.47 Å². The third-order valence-electron chi connectivity index (χ3n) is 3.19. The normalized spacial score (nSPS) is 12.7. The Morgan fingerprint density at radius 1 is 1.17 bits per heavy atom. The van der Waals surface area contributed by atoms with Crippen molar-refractivity contribution in [1.29, 1.82) is 0 Å². The molecule has 3 heteroatoms. The van der Waals surface area contributed by atoms with E-state index in [9.17, 15) is 0 Å². The van der Waals surface area contributed by atoms with Crippen molar-refractivity contribution in [2.75, 3.05) is 33.9 Å². The average molecular weight is 251 g/mol. The average Bonchev–Trinajstić information content (AvgIpc) is 2.38. The summed E-state index contributed by atoms with van der Waals surface area (Å²) in [6.07, 6.45) is 0. The second-order valence-corrected chi connectivity index (χ2v) is 4.79. The van der Waals surface area contributed by atoms with Crippen LogP contribution in [0.3, 0.4) is 0 Å². The molecule has 0 aliphatic carbocycles. The predicted molar refractivity (Wildman–Crippen MR) is 75.3 cm³/mol. The second kappa shape index (κ2) is 8.11. The summed E-state index contributed by atoms with van der Waals surface area (Å²) in [4.78, 5) is 0. The van der Waals surface area contributed by atoms with Gasteiger partial charge in [0, 0.05) is 26.1 Å². The van der Waals surface area contributed by atoms with Crippen LogP contribution in [0.4, 0.5) is 0 Å². The van der Waals surface area contributed by atoms with Crippen molar-refractivity contribution >= 4 is 0 Å². The summed E-state index contributed by atoms with van der Waals surface area (Å²) < 4.78 is 10.5. The van der Waals surface area contributed by atoms with Gasteiger partial charge in [0.2, 0.25) is 0 Å². The lowest BCUT2D eigenvalue weighted by atomic mass is 9.87. The van der Waals surface area contributed by atoms with E-state index in [4.69, 9.17) is 9.47 Å². The molecule has 0 aliphatic rings. The summed E-state index contributed by atoms with van der Waals surface area (Å²) in [5.74, 6) is 2.00. The molecule has 0 heterocycles. The van der Waals surface area contributed by atoms with Gasteiger partial charge in [-0.25, -0.2) is 0 Å². The van der Waals surface area contributed by atoms with E-state index in [0.29, 0.717) is 11.8 Å². The van der Waals surface area contributed by atoms with Gasteiger partial charge in [-0.1, -0.05) is 32.0 Å². The maximum atomic E-state index is 5.45. The molecule has 0 saturated heterocycles. The highest BCUT2D eigenvalue weighted by Crippen LogP contribution is 2.31. The van der Waals surface area contributed by atoms with E-state index in [-0.39, 0.29) is 0 Å². The Hall–Kier alpha value is -1.06. The van der Waals surface area contributed by atoms with E-state index in [1.807, 2.05) is 12.1 Å². The first-order chi connectivity index (χ1) is 8.70. The highest BCUT2D eigenvalue weighted by molar-refractivity contribution is 5.36. The first kappa shape index (κ1) is 15.0. The van der Waals surface area contributed by atoms with Gasteiger partial charge < -0.3 is 14.8 Å². The largest absolute Gasteiger partial charge is 0.496 e. The molecule has 0 saturated carbocycles. The van der Waals surface area contributed by atoms with Crippen molar-refractivity contribution in [2.24, 2.45) is 5.92 Å². The van der Waals surface area contributed by atoms with Crippen LogP contribution in [0.1, 0.15) is 25.3 Å². The molecule has 0 radical (unpaired) electrons. The lowest BCUT2D eigenvalue weighted by molar-refractivity contribution is 0.198. The summed E-state index contributed by atoms with van der Waals surface area (Å²) in [7, 11) is 3.45. The van der Waals surface area contributed by atoms with Gasteiger partial charge in [0.25, 0.3) is 0 Å². The Balaban J connectivity index is 2.71. The molecule has 1 rings (SSSR count). The van der Waals surface area contributed by atoms with Crippen molar-refractivity contribution in [1.82, 2.24) is 5.32 Å². The molecule has 1 unspecified atom stereocenters. The smallest absolute Gasteiger partial charge is 0.122 e. The summed E-state index contributed by atoms with van der Waals surface area (Å²) in [6.45, 7) is 7.07. The third-order valence-corrected chi connectivity index (χ3v) is 3.19. The van der Waals surface area contributed by atoms with Crippen LogP contribution in [0.5, 0.6) is 5.75 Å². The standard InChI is InChI=1S/C15H25NO2/c1-12(2)14(11-16-9-10-17-3)13-7-5-6-8-15(13)18-4/h5-8,12,14,16H,9-11H2,1-4H3. The summed E-state index contributed by atoms with van der Waals surface area (Å²) in [6, 6.07) is 8.27. The van der Waals surface area contributed by atoms with Crippen LogP contribution in [-0.2, 0) is 4.74 Å². The number of methoxy groups -OCH3 is 2. The zero-order chi connectivity index (χ0) is 13.4. The van der Waals surface area contributed by atoms with Crippen LogP contribution in [0.2, 0.25) is 0 Å². The molecule has 0 bridgehead atoms. The van der Waals surface area contributed by atoms with Crippen molar-refractivity contribution in [3.8, 4) is 5.75 Å². The fourth-order valence-electron chi connectivity index (χ4n) is 2.11. The lowest BCUT2D eigenvalue weighted by Gasteiger charge is -2.23. The molecule has 0 amide bonds. The number of rotatable bonds is 8. The zero-order valence-corrected chi connectivity index (χ0v) is 11.9. The minimum absolute atomic E-state index is 0.456. The summed E-state index contributed by atoms with van der Waals surface area (Å²) in [5.41, 5.74) is 1.28. The third kappa shape index (κ3) is 4.31. The van der Waals surface area contributed by atoms with Crippen LogP contribution >= 0.6 is 0 Å². The van der Waals surface area contributed by atoms with Gasteiger partial charge in [-0.2, -0.15) is 0 Å². The fourth-order valence-corrected chi connectivity index (χ4v) is 2.11. The van der Waals surface area contributed by atoms with E-state index in [1.54, 1.807) is 14.2 Å². The molecule has 102 valence electrons. The number of ether oxygens (including phenoxy) is 2. The van der Waals surface area contributed by atoms with Crippen LogP contribution in [0, 0.1) is 5.92 Å². The number of nitrogens with one attached hydrogen (secondary N) is 1. The summed E-state index contributed by atoms with van der Waals surface area (Å²) in [5, 5.41) is 3.44. The Morgan fingerprint density at radius 3 is 2.50 bits per heavy atom. The van der Waals surface area contributed by atoms with E-state index < -0.39 is 0 Å². The molecule has 1 aromatic carbocycles. The Bertz CT molecular complexity index is 339. The van der Waals surface area contributed by atoms with E-state index in [1.165, 1.54) is 5.56 Å². The molecule has 1 N–H and O–H groups in total. The van der Waals surface area contributed by atoms with E-state index in [2.05, 4.69) is 31.3 Å². The highest BCUT2D eigenvalue weighted by Gasteiger charge is 2.18. The van der Waals surface area contributed by atoms with E-state index >= 15 is 0 Å². The Labute approximate surface area is 110 Å². The monoisotopic (exact) mass is 251 g/mol. The quantitative estimate of drug-likeness (QED) is 0.721. The molecule has 1 atom stereocenters. The SMILES string of the molecule is COCCNCC(c1ccccc1OC)C(C)C. The summed E-state index contributed by atoms with van der Waals surface area (Å²) >= 11 is 0. The minimum atomic E-state index is 0.456. The van der Waals surface area contributed by atoms with Crippen molar-refractivity contribution in [2.45, 2.75) is 19.8 Å². The molecule has 1 aromatic rings. The molecule has 0 aliphatic heterocycles. The van der Waals surface area contributed by atoms with Gasteiger partial charge in [0.05, 0.1) is 13.7 Å². The molecule has 3 nitrogen and oxygen atoms in total.